The van der Waals surface area contributed by atoms with Gasteiger partial charge in [-0.3, -0.25) is 10.1 Å². The number of carbonyl (C=O) groups is 1. The molecule has 2 N–H and O–H groups in total. The van der Waals surface area contributed by atoms with Crippen LogP contribution in [0.2, 0.25) is 0 Å². The van der Waals surface area contributed by atoms with Gasteiger partial charge in [0, 0.05) is 24.0 Å². The van der Waals surface area contributed by atoms with Crippen molar-refractivity contribution in [2.45, 2.75) is 19.0 Å². The molecule has 0 saturated carbocycles. The van der Waals surface area contributed by atoms with Crippen LogP contribution in [0.4, 0.5) is 0 Å². The van der Waals surface area contributed by atoms with E-state index in [1.54, 1.807) is 18.0 Å². The summed E-state index contributed by atoms with van der Waals surface area (Å²) in [6, 6.07) is 9.73. The van der Waals surface area contributed by atoms with Crippen LogP contribution in [0.1, 0.15) is 18.5 Å². The van der Waals surface area contributed by atoms with Crippen LogP contribution in [0.25, 0.3) is 5.69 Å². The minimum Gasteiger partial charge on any atom is -0.348 e. The van der Waals surface area contributed by atoms with E-state index in [1.165, 1.54) is 0 Å². The van der Waals surface area contributed by atoms with Gasteiger partial charge < -0.3 is 5.32 Å². The molecular formula is C15H18N4OS. The van der Waals surface area contributed by atoms with Crippen molar-refractivity contribution < 1.29 is 4.79 Å². The van der Waals surface area contributed by atoms with E-state index in [9.17, 15) is 4.79 Å². The van der Waals surface area contributed by atoms with Crippen molar-refractivity contribution in [3.05, 3.63) is 48.3 Å². The van der Waals surface area contributed by atoms with E-state index in [4.69, 9.17) is 0 Å². The molecule has 1 aliphatic rings. The van der Waals surface area contributed by atoms with E-state index in [0.717, 1.165) is 22.9 Å². The van der Waals surface area contributed by atoms with Crippen LogP contribution < -0.4 is 10.6 Å². The van der Waals surface area contributed by atoms with Crippen LogP contribution in [-0.2, 0) is 4.79 Å². The van der Waals surface area contributed by atoms with Crippen molar-refractivity contribution in [1.82, 2.24) is 20.4 Å². The predicted molar refractivity (Wildman–Crippen MR) is 84.4 cm³/mol. The number of carbonyl (C=O) groups excluding carboxylic acids is 1. The Morgan fingerprint density at radius 3 is 3.05 bits per heavy atom. The van der Waals surface area contributed by atoms with Crippen molar-refractivity contribution >= 4 is 17.7 Å². The molecule has 110 valence electrons. The number of rotatable bonds is 4. The van der Waals surface area contributed by atoms with Gasteiger partial charge in [-0.1, -0.05) is 18.2 Å². The molecule has 2 heterocycles. The Labute approximate surface area is 128 Å². The average Bonchev–Trinajstić information content (AvgIpc) is 3.20. The number of nitrogens with zero attached hydrogens (tertiary/aromatic N) is 2. The largest absolute Gasteiger partial charge is 0.348 e. The van der Waals surface area contributed by atoms with Crippen LogP contribution in [-0.4, -0.2) is 33.4 Å². The zero-order chi connectivity index (χ0) is 14.7. The highest BCUT2D eigenvalue weighted by atomic mass is 32.2. The molecule has 2 aromatic rings. The van der Waals surface area contributed by atoms with Crippen LogP contribution in [0, 0.1) is 0 Å². The number of hydrogen-bond acceptors (Lipinski definition) is 4. The summed E-state index contributed by atoms with van der Waals surface area (Å²) < 4.78 is 1.82. The molecule has 1 amide bonds. The van der Waals surface area contributed by atoms with Gasteiger partial charge in [-0.2, -0.15) is 5.10 Å². The van der Waals surface area contributed by atoms with Gasteiger partial charge in [-0.05, 0) is 24.6 Å². The fourth-order valence-electron chi connectivity index (χ4n) is 2.43. The lowest BCUT2D eigenvalue weighted by Gasteiger charge is -2.20. The van der Waals surface area contributed by atoms with E-state index in [2.05, 4.69) is 15.7 Å². The summed E-state index contributed by atoms with van der Waals surface area (Å²) in [5.74, 6) is 1.73. The lowest BCUT2D eigenvalue weighted by molar-refractivity contribution is -0.123. The van der Waals surface area contributed by atoms with Gasteiger partial charge in [0.2, 0.25) is 5.91 Å². The standard InChI is InChI=1S/C15H18N4OS/c1-11(18-15(20)13-9-21-10-16-13)12-5-2-3-6-14(12)19-8-4-7-17-19/h2-8,11,13,16H,9-10H2,1H3,(H,18,20). The Balaban J connectivity index is 1.78. The van der Waals surface area contributed by atoms with E-state index in [0.29, 0.717) is 0 Å². The Hall–Kier alpha value is -1.79. The maximum atomic E-state index is 12.2. The maximum absolute atomic E-state index is 12.2. The van der Waals surface area contributed by atoms with Gasteiger partial charge in [0.25, 0.3) is 0 Å². The molecule has 0 radical (unpaired) electrons. The van der Waals surface area contributed by atoms with Gasteiger partial charge in [0.15, 0.2) is 0 Å². The van der Waals surface area contributed by atoms with Crippen molar-refractivity contribution in [2.24, 2.45) is 0 Å². The van der Waals surface area contributed by atoms with Crippen molar-refractivity contribution in [2.75, 3.05) is 11.6 Å². The Morgan fingerprint density at radius 2 is 2.33 bits per heavy atom. The zero-order valence-electron chi connectivity index (χ0n) is 11.8. The molecule has 1 saturated heterocycles. The summed E-state index contributed by atoms with van der Waals surface area (Å²) in [4.78, 5) is 12.2. The van der Waals surface area contributed by atoms with Crippen LogP contribution in [0.5, 0.6) is 0 Å². The number of para-hydroxylation sites is 1. The van der Waals surface area contributed by atoms with Gasteiger partial charge in [0.1, 0.15) is 0 Å². The molecule has 6 heteroatoms. The fraction of sp³-hybridized carbons (Fsp3) is 0.333. The van der Waals surface area contributed by atoms with E-state index in [-0.39, 0.29) is 18.0 Å². The second-order valence-electron chi connectivity index (χ2n) is 5.01. The predicted octanol–water partition coefficient (Wildman–Crippen LogP) is 1.71. The summed E-state index contributed by atoms with van der Waals surface area (Å²) >= 11 is 1.75. The molecule has 21 heavy (non-hydrogen) atoms. The van der Waals surface area contributed by atoms with E-state index in [1.807, 2.05) is 48.1 Å². The van der Waals surface area contributed by atoms with Crippen LogP contribution >= 0.6 is 11.8 Å². The van der Waals surface area contributed by atoms with E-state index < -0.39 is 0 Å². The van der Waals surface area contributed by atoms with Crippen molar-refractivity contribution in [3.8, 4) is 5.69 Å². The summed E-state index contributed by atoms with van der Waals surface area (Å²) in [5.41, 5.74) is 2.05. The van der Waals surface area contributed by atoms with Crippen molar-refractivity contribution in [3.63, 3.8) is 0 Å². The van der Waals surface area contributed by atoms with Crippen LogP contribution in [0.3, 0.4) is 0 Å². The molecule has 0 bridgehead atoms. The molecule has 5 nitrogen and oxygen atoms in total. The third kappa shape index (κ3) is 3.11. The minimum atomic E-state index is -0.0886. The lowest BCUT2D eigenvalue weighted by atomic mass is 10.1. The third-order valence-corrected chi connectivity index (χ3v) is 4.49. The SMILES string of the molecule is CC(NC(=O)C1CSCN1)c1ccccc1-n1cccn1. The highest BCUT2D eigenvalue weighted by Crippen LogP contribution is 2.21. The summed E-state index contributed by atoms with van der Waals surface area (Å²) in [5, 5.41) is 10.5. The van der Waals surface area contributed by atoms with Gasteiger partial charge >= 0.3 is 0 Å². The molecule has 2 atom stereocenters. The first kappa shape index (κ1) is 14.2. The fourth-order valence-corrected chi connectivity index (χ4v) is 3.37. The molecule has 0 aliphatic carbocycles. The molecule has 1 aromatic heterocycles. The zero-order valence-corrected chi connectivity index (χ0v) is 12.6. The number of aromatic nitrogens is 2. The molecule has 1 fully saturated rings. The first-order valence-corrected chi connectivity index (χ1v) is 8.11. The topological polar surface area (TPSA) is 59.0 Å². The first-order chi connectivity index (χ1) is 10.3. The van der Waals surface area contributed by atoms with Gasteiger partial charge in [-0.25, -0.2) is 4.68 Å². The number of thioether (sulfide) groups is 1. The van der Waals surface area contributed by atoms with E-state index >= 15 is 0 Å². The third-order valence-electron chi connectivity index (χ3n) is 3.55. The summed E-state index contributed by atoms with van der Waals surface area (Å²) in [6.07, 6.45) is 3.65. The average molecular weight is 302 g/mol. The van der Waals surface area contributed by atoms with Crippen LogP contribution in [0.15, 0.2) is 42.7 Å². The number of benzene rings is 1. The Kier molecular flexibility index (Phi) is 4.26. The first-order valence-electron chi connectivity index (χ1n) is 6.96. The number of amides is 1. The minimum absolute atomic E-state index is 0.0581. The molecule has 1 aromatic carbocycles. The quantitative estimate of drug-likeness (QED) is 0.903. The lowest BCUT2D eigenvalue weighted by Crippen LogP contribution is -2.43. The Bertz CT molecular complexity index is 608. The number of hydrogen-bond donors (Lipinski definition) is 2. The maximum Gasteiger partial charge on any atom is 0.238 e. The second kappa shape index (κ2) is 6.32. The number of nitrogens with one attached hydrogen (secondary N) is 2. The second-order valence-corrected chi connectivity index (χ2v) is 6.04. The smallest absolute Gasteiger partial charge is 0.238 e. The highest BCUT2D eigenvalue weighted by Gasteiger charge is 2.24. The van der Waals surface area contributed by atoms with Gasteiger partial charge in [-0.15, -0.1) is 11.8 Å². The highest BCUT2D eigenvalue weighted by molar-refractivity contribution is 7.99. The molecule has 1 aliphatic heterocycles. The molecule has 2 unspecified atom stereocenters. The molecular weight excluding hydrogens is 284 g/mol. The Morgan fingerprint density at radius 1 is 1.48 bits per heavy atom. The summed E-state index contributed by atoms with van der Waals surface area (Å²) in [7, 11) is 0. The van der Waals surface area contributed by atoms with Crippen molar-refractivity contribution in [1.29, 1.82) is 0 Å². The normalized spacial score (nSPS) is 19.4. The van der Waals surface area contributed by atoms with Gasteiger partial charge in [0.05, 0.1) is 17.8 Å². The summed E-state index contributed by atoms with van der Waals surface area (Å²) in [6.45, 7) is 2.00. The molecule has 3 rings (SSSR count). The molecule has 0 spiro atoms. The monoisotopic (exact) mass is 302 g/mol.